The first-order valence-corrected chi connectivity index (χ1v) is 7.28. The number of benzene rings is 2. The number of hydrogen-bond acceptors (Lipinski definition) is 4. The molecule has 0 heterocycles. The molecule has 2 aromatic rings. The average molecular weight is 366 g/mol. The summed E-state index contributed by atoms with van der Waals surface area (Å²) in [6.07, 6.45) is 0. The van der Waals surface area contributed by atoms with Gasteiger partial charge < -0.3 is 19.9 Å². The molecular formula is C16H16BrNO4. The molecule has 2 aromatic carbocycles. The molecule has 22 heavy (non-hydrogen) atoms. The predicted molar refractivity (Wildman–Crippen MR) is 86.5 cm³/mol. The van der Waals surface area contributed by atoms with Crippen molar-refractivity contribution in [2.24, 2.45) is 5.73 Å². The first-order chi connectivity index (χ1) is 10.6. The summed E-state index contributed by atoms with van der Waals surface area (Å²) in [4.78, 5) is 11.4. The van der Waals surface area contributed by atoms with Crippen molar-refractivity contribution in [2.75, 3.05) is 14.2 Å². The molecule has 0 bridgehead atoms. The fraction of sp³-hybridized carbons (Fsp3) is 0.188. The molecule has 1 amide bonds. The van der Waals surface area contributed by atoms with E-state index >= 15 is 0 Å². The van der Waals surface area contributed by atoms with E-state index in [0.29, 0.717) is 22.8 Å². The molecule has 0 saturated heterocycles. The lowest BCUT2D eigenvalue weighted by Gasteiger charge is -2.14. The number of methoxy groups -OCH3 is 2. The monoisotopic (exact) mass is 365 g/mol. The average Bonchev–Trinajstić information content (AvgIpc) is 2.53. The Kier molecular flexibility index (Phi) is 5.27. The van der Waals surface area contributed by atoms with E-state index in [4.69, 9.17) is 19.9 Å². The minimum Gasteiger partial charge on any atom is -0.493 e. The Morgan fingerprint density at radius 1 is 1.09 bits per heavy atom. The summed E-state index contributed by atoms with van der Waals surface area (Å²) in [5.74, 6) is 1.13. The van der Waals surface area contributed by atoms with Gasteiger partial charge in [-0.3, -0.25) is 4.79 Å². The molecule has 6 heteroatoms. The predicted octanol–water partition coefficient (Wildman–Crippen LogP) is 3.14. The molecule has 0 aliphatic heterocycles. The summed E-state index contributed by atoms with van der Waals surface area (Å²) in [5, 5.41) is 0. The van der Waals surface area contributed by atoms with Crippen LogP contribution in [0.25, 0.3) is 0 Å². The topological polar surface area (TPSA) is 70.8 Å². The van der Waals surface area contributed by atoms with E-state index < -0.39 is 5.91 Å². The summed E-state index contributed by atoms with van der Waals surface area (Å²) in [6.45, 7) is 0.255. The molecule has 0 atom stereocenters. The number of para-hydroxylation sites is 1. The van der Waals surface area contributed by atoms with Gasteiger partial charge in [0.1, 0.15) is 12.4 Å². The van der Waals surface area contributed by atoms with Gasteiger partial charge in [0.15, 0.2) is 11.5 Å². The second-order valence-corrected chi connectivity index (χ2v) is 5.22. The quantitative estimate of drug-likeness (QED) is 0.853. The number of carbonyl (C=O) groups excluding carboxylic acids is 1. The number of carbonyl (C=O) groups is 1. The maximum absolute atomic E-state index is 11.4. The van der Waals surface area contributed by atoms with Crippen LogP contribution >= 0.6 is 15.9 Å². The minimum absolute atomic E-state index is 0.255. The minimum atomic E-state index is -0.526. The van der Waals surface area contributed by atoms with Gasteiger partial charge in [0.25, 0.3) is 5.91 Å². The highest BCUT2D eigenvalue weighted by Gasteiger charge is 2.14. The van der Waals surface area contributed by atoms with Gasteiger partial charge in [0, 0.05) is 5.56 Å². The fourth-order valence-electron chi connectivity index (χ4n) is 1.99. The van der Waals surface area contributed by atoms with Gasteiger partial charge in [0.2, 0.25) is 0 Å². The molecule has 0 aliphatic carbocycles. The van der Waals surface area contributed by atoms with Crippen LogP contribution in [0.15, 0.2) is 40.9 Å². The van der Waals surface area contributed by atoms with Gasteiger partial charge in [0.05, 0.1) is 24.3 Å². The van der Waals surface area contributed by atoms with E-state index in [1.165, 1.54) is 0 Å². The molecule has 0 aromatic heterocycles. The number of amides is 1. The Morgan fingerprint density at radius 3 is 2.45 bits per heavy atom. The molecule has 2 rings (SSSR count). The molecule has 0 unspecified atom stereocenters. The van der Waals surface area contributed by atoms with E-state index in [-0.39, 0.29) is 6.61 Å². The van der Waals surface area contributed by atoms with E-state index in [9.17, 15) is 4.79 Å². The first kappa shape index (κ1) is 16.2. The summed E-state index contributed by atoms with van der Waals surface area (Å²) in [7, 11) is 3.14. The maximum atomic E-state index is 11.4. The van der Waals surface area contributed by atoms with Crippen LogP contribution in [-0.4, -0.2) is 20.1 Å². The summed E-state index contributed by atoms with van der Waals surface area (Å²) in [6, 6.07) is 10.5. The van der Waals surface area contributed by atoms with Crippen molar-refractivity contribution in [3.63, 3.8) is 0 Å². The zero-order valence-electron chi connectivity index (χ0n) is 12.3. The molecule has 0 spiro atoms. The molecular weight excluding hydrogens is 350 g/mol. The van der Waals surface area contributed by atoms with Crippen LogP contribution in [0.2, 0.25) is 0 Å². The third-order valence-corrected chi connectivity index (χ3v) is 3.97. The summed E-state index contributed by atoms with van der Waals surface area (Å²) in [5.41, 5.74) is 6.54. The number of ether oxygens (including phenoxy) is 3. The number of halogens is 1. The van der Waals surface area contributed by atoms with E-state index in [2.05, 4.69) is 15.9 Å². The smallest absolute Gasteiger partial charge is 0.252 e. The van der Waals surface area contributed by atoms with Crippen molar-refractivity contribution in [3.8, 4) is 17.2 Å². The number of hydrogen-bond donors (Lipinski definition) is 1. The summed E-state index contributed by atoms with van der Waals surface area (Å²) >= 11 is 3.48. The van der Waals surface area contributed by atoms with Gasteiger partial charge >= 0.3 is 0 Å². The zero-order valence-corrected chi connectivity index (χ0v) is 13.8. The van der Waals surface area contributed by atoms with Crippen LogP contribution in [-0.2, 0) is 6.61 Å². The largest absolute Gasteiger partial charge is 0.493 e. The Bertz CT molecular complexity index is 688. The Labute approximate surface area is 137 Å². The standard InChI is InChI=1S/C16H16BrNO4/c1-20-13-8-7-10(14(17)15(13)21-2)9-22-12-6-4-3-5-11(12)16(18)19/h3-8H,9H2,1-2H3,(H2,18,19). The van der Waals surface area contributed by atoms with Crippen LogP contribution in [0.1, 0.15) is 15.9 Å². The van der Waals surface area contributed by atoms with E-state index in [0.717, 1.165) is 10.0 Å². The molecule has 5 nitrogen and oxygen atoms in total. The first-order valence-electron chi connectivity index (χ1n) is 6.49. The van der Waals surface area contributed by atoms with Gasteiger partial charge in [-0.25, -0.2) is 0 Å². The SMILES string of the molecule is COc1ccc(COc2ccccc2C(N)=O)c(Br)c1OC. The molecule has 0 aliphatic rings. The Hall–Kier alpha value is -2.21. The highest BCUT2D eigenvalue weighted by molar-refractivity contribution is 9.10. The van der Waals surface area contributed by atoms with Crippen molar-refractivity contribution in [1.29, 1.82) is 0 Å². The molecule has 0 saturated carbocycles. The van der Waals surface area contributed by atoms with Crippen molar-refractivity contribution in [1.82, 2.24) is 0 Å². The molecule has 0 fully saturated rings. The fourth-order valence-corrected chi connectivity index (χ4v) is 2.60. The van der Waals surface area contributed by atoms with Crippen LogP contribution in [0.4, 0.5) is 0 Å². The van der Waals surface area contributed by atoms with Crippen LogP contribution < -0.4 is 19.9 Å². The van der Waals surface area contributed by atoms with Crippen LogP contribution in [0, 0.1) is 0 Å². The van der Waals surface area contributed by atoms with Crippen LogP contribution in [0.5, 0.6) is 17.2 Å². The van der Waals surface area contributed by atoms with Crippen LogP contribution in [0.3, 0.4) is 0 Å². The van der Waals surface area contributed by atoms with E-state index in [1.54, 1.807) is 44.6 Å². The maximum Gasteiger partial charge on any atom is 0.252 e. The third kappa shape index (κ3) is 3.33. The van der Waals surface area contributed by atoms with Gasteiger partial charge in [-0.1, -0.05) is 18.2 Å². The summed E-state index contributed by atoms with van der Waals surface area (Å²) < 4.78 is 17.0. The number of primary amides is 1. The molecule has 116 valence electrons. The lowest BCUT2D eigenvalue weighted by Crippen LogP contribution is -2.13. The second kappa shape index (κ2) is 7.17. The van der Waals surface area contributed by atoms with Gasteiger partial charge in [-0.15, -0.1) is 0 Å². The van der Waals surface area contributed by atoms with Gasteiger partial charge in [-0.05, 0) is 34.1 Å². The Morgan fingerprint density at radius 2 is 1.82 bits per heavy atom. The normalized spacial score (nSPS) is 10.1. The third-order valence-electron chi connectivity index (χ3n) is 3.10. The van der Waals surface area contributed by atoms with Crippen molar-refractivity contribution in [2.45, 2.75) is 6.61 Å². The number of nitrogens with two attached hydrogens (primary N) is 1. The van der Waals surface area contributed by atoms with E-state index in [1.807, 2.05) is 6.07 Å². The highest BCUT2D eigenvalue weighted by atomic mass is 79.9. The lowest BCUT2D eigenvalue weighted by atomic mass is 10.2. The lowest BCUT2D eigenvalue weighted by molar-refractivity contribution is 0.0996. The number of rotatable bonds is 6. The molecule has 0 radical (unpaired) electrons. The van der Waals surface area contributed by atoms with Crippen molar-refractivity contribution in [3.05, 3.63) is 52.0 Å². The highest BCUT2D eigenvalue weighted by Crippen LogP contribution is 2.38. The van der Waals surface area contributed by atoms with Crippen molar-refractivity contribution >= 4 is 21.8 Å². The van der Waals surface area contributed by atoms with Crippen molar-refractivity contribution < 1.29 is 19.0 Å². The second-order valence-electron chi connectivity index (χ2n) is 4.42. The van der Waals surface area contributed by atoms with Gasteiger partial charge in [-0.2, -0.15) is 0 Å². The zero-order chi connectivity index (χ0) is 16.1. The molecule has 2 N–H and O–H groups in total. The Balaban J connectivity index is 2.24.